The zero-order valence-electron chi connectivity index (χ0n) is 21.0. The maximum atomic E-state index is 15.4. The van der Waals surface area contributed by atoms with Gasteiger partial charge in [-0.1, -0.05) is 6.92 Å². The summed E-state index contributed by atoms with van der Waals surface area (Å²) >= 11 is 0. The van der Waals surface area contributed by atoms with E-state index < -0.39 is 11.6 Å². The van der Waals surface area contributed by atoms with Crippen LogP contribution in [0.4, 0.5) is 14.6 Å². The summed E-state index contributed by atoms with van der Waals surface area (Å²) in [6.07, 6.45) is 2.15. The molecule has 37 heavy (non-hydrogen) atoms. The molecule has 4 aromatic rings. The third-order valence-electron chi connectivity index (χ3n) is 6.83. The van der Waals surface area contributed by atoms with Crippen molar-refractivity contribution in [2.24, 2.45) is 0 Å². The van der Waals surface area contributed by atoms with Crippen molar-refractivity contribution in [1.82, 2.24) is 14.9 Å². The number of aromatic nitrogens is 2. The fraction of sp³-hybridized carbons (Fsp3) is 0.286. The molecule has 1 amide bonds. The Morgan fingerprint density at radius 3 is 2.49 bits per heavy atom. The first-order valence-corrected chi connectivity index (χ1v) is 12.2. The number of amides is 1. The number of nitrogens with zero attached hydrogens (tertiary/aromatic N) is 3. The molecule has 7 nitrogen and oxygen atoms in total. The fourth-order valence-corrected chi connectivity index (χ4v) is 4.87. The number of aromatic amines is 1. The molecule has 1 fully saturated rings. The lowest BCUT2D eigenvalue weighted by atomic mass is 9.96. The highest BCUT2D eigenvalue weighted by atomic mass is 19.1. The Balaban J connectivity index is 0.00000336. The number of hydrogen-bond donors (Lipinski definition) is 1. The highest BCUT2D eigenvalue weighted by Gasteiger charge is 2.27. The lowest BCUT2D eigenvalue weighted by Gasteiger charge is -2.35. The van der Waals surface area contributed by atoms with Gasteiger partial charge in [0.1, 0.15) is 23.1 Å². The Hall–Kier alpha value is -4.14. The van der Waals surface area contributed by atoms with Crippen LogP contribution < -0.4 is 14.4 Å². The van der Waals surface area contributed by atoms with Crippen molar-refractivity contribution in [2.45, 2.75) is 13.3 Å². The summed E-state index contributed by atoms with van der Waals surface area (Å²) in [5.41, 5.74) is 2.07. The molecule has 1 aliphatic rings. The van der Waals surface area contributed by atoms with Gasteiger partial charge in [-0.3, -0.25) is 4.79 Å². The summed E-state index contributed by atoms with van der Waals surface area (Å²) < 4.78 is 40.4. The molecule has 1 aliphatic heterocycles. The number of aryl methyl sites for hydroxylation is 1. The number of rotatable bonds is 6. The number of halogens is 2. The van der Waals surface area contributed by atoms with Gasteiger partial charge in [0, 0.05) is 44.8 Å². The molecule has 0 spiro atoms. The van der Waals surface area contributed by atoms with Crippen LogP contribution >= 0.6 is 0 Å². The minimum atomic E-state index is -0.430. The lowest BCUT2D eigenvalue weighted by Crippen LogP contribution is -2.49. The predicted molar refractivity (Wildman–Crippen MR) is 141 cm³/mol. The van der Waals surface area contributed by atoms with Crippen LogP contribution in [0.2, 0.25) is 0 Å². The Bertz CT molecular complexity index is 1470. The quantitative estimate of drug-likeness (QED) is 0.383. The zero-order chi connectivity index (χ0) is 26.1. The van der Waals surface area contributed by atoms with Crippen molar-refractivity contribution < 1.29 is 24.5 Å². The van der Waals surface area contributed by atoms with Gasteiger partial charge < -0.3 is 24.3 Å². The number of benzene rings is 2. The number of piperazine rings is 1. The first-order valence-electron chi connectivity index (χ1n) is 12.2. The van der Waals surface area contributed by atoms with Crippen molar-refractivity contribution in [3.05, 3.63) is 71.6 Å². The monoisotopic (exact) mass is 508 g/mol. The molecule has 0 aliphatic carbocycles. The van der Waals surface area contributed by atoms with E-state index in [0.29, 0.717) is 66.2 Å². The molecule has 9 heteroatoms. The Morgan fingerprint density at radius 2 is 1.78 bits per heavy atom. The van der Waals surface area contributed by atoms with Gasteiger partial charge in [-0.15, -0.1) is 0 Å². The SMILES string of the molecule is CCc1cc(-c2cc(F)ccc2OC)c2cc(C(=O)N3CCN(c4ncccc4OC)CC3)[nH]c2c1F.[HH]. The van der Waals surface area contributed by atoms with Crippen LogP contribution in [0, 0.1) is 11.6 Å². The number of H-pyrrole nitrogens is 1. The minimum Gasteiger partial charge on any atom is -0.496 e. The van der Waals surface area contributed by atoms with Gasteiger partial charge >= 0.3 is 0 Å². The second-order valence-electron chi connectivity index (χ2n) is 8.88. The van der Waals surface area contributed by atoms with Crippen molar-refractivity contribution >= 4 is 22.6 Å². The largest absolute Gasteiger partial charge is 0.496 e. The third kappa shape index (κ3) is 4.45. The van der Waals surface area contributed by atoms with Crippen molar-refractivity contribution in [3.8, 4) is 22.6 Å². The molecule has 5 rings (SSSR count). The molecule has 1 saturated heterocycles. The average Bonchev–Trinajstić information content (AvgIpc) is 3.39. The second-order valence-corrected chi connectivity index (χ2v) is 8.88. The van der Waals surface area contributed by atoms with Gasteiger partial charge in [0.25, 0.3) is 5.91 Å². The highest BCUT2D eigenvalue weighted by Crippen LogP contribution is 2.38. The van der Waals surface area contributed by atoms with Gasteiger partial charge in [0.2, 0.25) is 0 Å². The number of anilines is 1. The van der Waals surface area contributed by atoms with Gasteiger partial charge in [-0.25, -0.2) is 13.8 Å². The van der Waals surface area contributed by atoms with Crippen molar-refractivity contribution in [3.63, 3.8) is 0 Å². The van der Waals surface area contributed by atoms with Crippen LogP contribution in [0.15, 0.2) is 48.7 Å². The Labute approximate surface area is 215 Å². The zero-order valence-corrected chi connectivity index (χ0v) is 21.0. The summed E-state index contributed by atoms with van der Waals surface area (Å²) in [5, 5.41) is 0.499. The van der Waals surface area contributed by atoms with Crippen LogP contribution in [0.1, 0.15) is 24.4 Å². The lowest BCUT2D eigenvalue weighted by molar-refractivity contribution is 0.0741. The molecule has 0 saturated carbocycles. The highest BCUT2D eigenvalue weighted by molar-refractivity contribution is 6.04. The summed E-state index contributed by atoms with van der Waals surface area (Å²) in [4.78, 5) is 24.7. The molecule has 0 bridgehead atoms. The Morgan fingerprint density at radius 1 is 1.03 bits per heavy atom. The maximum absolute atomic E-state index is 15.4. The van der Waals surface area contributed by atoms with Crippen LogP contribution in [-0.2, 0) is 6.42 Å². The van der Waals surface area contributed by atoms with Gasteiger partial charge in [0.15, 0.2) is 11.6 Å². The van der Waals surface area contributed by atoms with E-state index in [9.17, 15) is 9.18 Å². The number of carbonyl (C=O) groups excluding carboxylic acids is 1. The molecule has 194 valence electrons. The number of pyridine rings is 1. The standard InChI is InChI=1S/C28H28F2N4O3.H2/c1-4-17-14-19(20-15-18(29)7-8-23(20)36-2)21-16-22(32-26(21)25(17)30)28(35)34-12-10-33(11-13-34)27-24(37-3)6-5-9-31-27;/h5-9,14-16,32H,4,10-13H2,1-3H3;1H. The van der Waals surface area contributed by atoms with Gasteiger partial charge in [-0.05, 0) is 60.0 Å². The normalized spacial score (nSPS) is 13.8. The van der Waals surface area contributed by atoms with E-state index >= 15 is 4.39 Å². The van der Waals surface area contributed by atoms with E-state index in [-0.39, 0.29) is 18.5 Å². The molecule has 3 heterocycles. The van der Waals surface area contributed by atoms with E-state index in [2.05, 4.69) is 14.9 Å². The molecule has 2 aromatic carbocycles. The number of ether oxygens (including phenoxy) is 2. The van der Waals surface area contributed by atoms with Gasteiger partial charge in [-0.2, -0.15) is 0 Å². The fourth-order valence-electron chi connectivity index (χ4n) is 4.87. The van der Waals surface area contributed by atoms with Gasteiger partial charge in [0.05, 0.1) is 19.7 Å². The molecule has 1 N–H and O–H groups in total. The summed E-state index contributed by atoms with van der Waals surface area (Å²) in [5.74, 6) is 0.819. The maximum Gasteiger partial charge on any atom is 0.270 e. The van der Waals surface area contributed by atoms with Crippen LogP contribution in [-0.4, -0.2) is 61.2 Å². The number of nitrogens with one attached hydrogen (secondary N) is 1. The molecule has 0 radical (unpaired) electrons. The third-order valence-corrected chi connectivity index (χ3v) is 6.83. The topological polar surface area (TPSA) is 70.7 Å². The Kier molecular flexibility index (Phi) is 6.69. The molecular formula is C28H30F2N4O3. The number of carbonyl (C=O) groups is 1. The summed E-state index contributed by atoms with van der Waals surface area (Å²) in [6.45, 7) is 3.96. The first-order chi connectivity index (χ1) is 17.9. The van der Waals surface area contributed by atoms with E-state index in [1.54, 1.807) is 36.4 Å². The number of fused-ring (bicyclic) bond motifs is 1. The van der Waals surface area contributed by atoms with Crippen LogP contribution in [0.5, 0.6) is 11.5 Å². The minimum absolute atomic E-state index is 0. The molecule has 0 unspecified atom stereocenters. The van der Waals surface area contributed by atoms with Crippen molar-refractivity contribution in [2.75, 3.05) is 45.3 Å². The van der Waals surface area contributed by atoms with E-state index in [1.165, 1.54) is 19.2 Å². The first kappa shape index (κ1) is 24.5. The van der Waals surface area contributed by atoms with Crippen LogP contribution in [0.25, 0.3) is 22.0 Å². The van der Waals surface area contributed by atoms with E-state index in [1.807, 2.05) is 19.1 Å². The van der Waals surface area contributed by atoms with E-state index in [0.717, 1.165) is 5.82 Å². The summed E-state index contributed by atoms with van der Waals surface area (Å²) in [6, 6.07) is 11.2. The summed E-state index contributed by atoms with van der Waals surface area (Å²) in [7, 11) is 3.11. The average molecular weight is 509 g/mol. The van der Waals surface area contributed by atoms with E-state index in [4.69, 9.17) is 9.47 Å². The number of hydrogen-bond acceptors (Lipinski definition) is 5. The second kappa shape index (κ2) is 10.1. The molecular weight excluding hydrogens is 478 g/mol. The smallest absolute Gasteiger partial charge is 0.270 e. The predicted octanol–water partition coefficient (Wildman–Crippen LogP) is 5.30. The number of methoxy groups -OCH3 is 2. The molecule has 0 atom stereocenters. The van der Waals surface area contributed by atoms with Crippen LogP contribution in [0.3, 0.4) is 0 Å². The van der Waals surface area contributed by atoms with Crippen molar-refractivity contribution in [1.29, 1.82) is 0 Å². The molecule has 2 aromatic heterocycles.